The van der Waals surface area contributed by atoms with Crippen molar-refractivity contribution in [2.24, 2.45) is 0 Å². The van der Waals surface area contributed by atoms with E-state index < -0.39 is 23.8 Å². The standard InChI is InChI=1S/C33H31F2N7O4/c1-37-29(43)20-40(2)18-26-19-41(25-12-10-24(11-13-25)33(34,35)23-7-5-4-6-8-23)32(45)30-27(17-38-42(26)30)39-31(44)21-9-14-28(46-3)22(15-21)16-36/h4-15,17,26H,18-20H2,1-3H3,(H,37,43)(H,39,44). The summed E-state index contributed by atoms with van der Waals surface area (Å²) in [6.45, 7) is 0.508. The molecule has 1 aliphatic heterocycles. The zero-order chi connectivity index (χ0) is 33.0. The Balaban J connectivity index is 1.47. The van der Waals surface area contributed by atoms with Crippen LogP contribution in [0.25, 0.3) is 0 Å². The fourth-order valence-electron chi connectivity index (χ4n) is 5.34. The largest absolute Gasteiger partial charge is 0.495 e. The number of ether oxygens (including phenoxy) is 1. The lowest BCUT2D eigenvalue weighted by Crippen LogP contribution is -2.48. The van der Waals surface area contributed by atoms with Crippen molar-refractivity contribution in [3.63, 3.8) is 0 Å². The third-order valence-electron chi connectivity index (χ3n) is 7.71. The van der Waals surface area contributed by atoms with Gasteiger partial charge >= 0.3 is 0 Å². The lowest BCUT2D eigenvalue weighted by atomic mass is 10.00. The van der Waals surface area contributed by atoms with E-state index in [0.717, 1.165) is 0 Å². The van der Waals surface area contributed by atoms with E-state index in [1.807, 2.05) is 6.07 Å². The van der Waals surface area contributed by atoms with Gasteiger partial charge in [0, 0.05) is 36.0 Å². The Morgan fingerprint density at radius 2 is 1.80 bits per heavy atom. The second kappa shape index (κ2) is 13.2. The first-order chi connectivity index (χ1) is 22.1. The summed E-state index contributed by atoms with van der Waals surface area (Å²) in [5, 5.41) is 19.1. The lowest BCUT2D eigenvalue weighted by Gasteiger charge is -2.35. The topological polar surface area (TPSA) is 133 Å². The highest BCUT2D eigenvalue weighted by atomic mass is 19.3. The average Bonchev–Trinajstić information content (AvgIpc) is 3.50. The first kappa shape index (κ1) is 31.8. The van der Waals surface area contributed by atoms with E-state index in [9.17, 15) is 19.6 Å². The number of methoxy groups -OCH3 is 1. The quantitative estimate of drug-likeness (QED) is 0.271. The van der Waals surface area contributed by atoms with Crippen molar-refractivity contribution in [2.75, 3.05) is 51.1 Å². The first-order valence-electron chi connectivity index (χ1n) is 14.3. The van der Waals surface area contributed by atoms with Gasteiger partial charge in [-0.25, -0.2) is 0 Å². The van der Waals surface area contributed by atoms with Gasteiger partial charge in [-0.3, -0.25) is 24.0 Å². The number of fused-ring (bicyclic) bond motifs is 1. The minimum atomic E-state index is -3.25. The molecule has 5 rings (SSSR count). The van der Waals surface area contributed by atoms with Gasteiger partial charge in [-0.05, 0) is 37.4 Å². The summed E-state index contributed by atoms with van der Waals surface area (Å²) in [6, 6.07) is 18.8. The van der Waals surface area contributed by atoms with Crippen LogP contribution in [0.5, 0.6) is 5.75 Å². The highest BCUT2D eigenvalue weighted by Crippen LogP contribution is 2.37. The molecule has 1 aliphatic rings. The number of hydrogen-bond acceptors (Lipinski definition) is 7. The SMILES string of the molecule is CNC(=O)CN(C)CC1CN(c2ccc(C(F)(F)c3ccccc3)cc2)C(=O)c2c(NC(=O)c3ccc(OC)c(C#N)c3)cnn21. The number of nitrogens with one attached hydrogen (secondary N) is 2. The fraction of sp³-hybridized carbons (Fsp3) is 0.242. The van der Waals surface area contributed by atoms with E-state index in [4.69, 9.17) is 4.74 Å². The molecule has 0 aliphatic carbocycles. The number of anilines is 2. The Bertz CT molecular complexity index is 1800. The summed E-state index contributed by atoms with van der Waals surface area (Å²) in [7, 11) is 4.70. The number of nitrogens with zero attached hydrogens (tertiary/aromatic N) is 5. The van der Waals surface area contributed by atoms with Gasteiger partial charge in [0.05, 0.1) is 43.7 Å². The van der Waals surface area contributed by atoms with Crippen LogP contribution in [0.4, 0.5) is 20.2 Å². The predicted molar refractivity (Wildman–Crippen MR) is 166 cm³/mol. The predicted octanol–water partition coefficient (Wildman–Crippen LogP) is 4.04. The highest BCUT2D eigenvalue weighted by Gasteiger charge is 2.38. The fourth-order valence-corrected chi connectivity index (χ4v) is 5.34. The van der Waals surface area contributed by atoms with Gasteiger partial charge in [0.2, 0.25) is 5.91 Å². The molecule has 3 amide bonds. The average molecular weight is 628 g/mol. The van der Waals surface area contributed by atoms with Crippen LogP contribution in [0.3, 0.4) is 0 Å². The maximum absolute atomic E-state index is 15.2. The van der Waals surface area contributed by atoms with Gasteiger partial charge in [0.1, 0.15) is 11.8 Å². The number of alkyl halides is 2. The number of carbonyl (C=O) groups is 3. The molecular weight excluding hydrogens is 596 g/mol. The van der Waals surface area contributed by atoms with E-state index in [1.165, 1.54) is 84.5 Å². The first-order valence-corrected chi connectivity index (χ1v) is 14.3. The molecule has 0 bridgehead atoms. The van der Waals surface area contributed by atoms with E-state index in [-0.39, 0.29) is 52.6 Å². The molecule has 1 unspecified atom stereocenters. The van der Waals surface area contributed by atoms with Gasteiger partial charge < -0.3 is 20.3 Å². The van der Waals surface area contributed by atoms with Crippen LogP contribution in [0.1, 0.15) is 43.6 Å². The molecule has 0 radical (unpaired) electrons. The Labute approximate surface area is 264 Å². The van der Waals surface area contributed by atoms with Crippen molar-refractivity contribution < 1.29 is 27.9 Å². The van der Waals surface area contributed by atoms with Crippen molar-refractivity contribution in [3.05, 3.63) is 107 Å². The van der Waals surface area contributed by atoms with Crippen molar-refractivity contribution >= 4 is 29.1 Å². The van der Waals surface area contributed by atoms with Crippen LogP contribution in [-0.4, -0.2) is 73.2 Å². The second-order valence-electron chi connectivity index (χ2n) is 10.8. The molecular formula is C33H31F2N7O4. The normalized spacial score (nSPS) is 14.4. The summed E-state index contributed by atoms with van der Waals surface area (Å²) in [4.78, 5) is 42.5. The number of nitriles is 1. The Kier molecular flexibility index (Phi) is 9.11. The Hall–Kier alpha value is -5.61. The third-order valence-corrected chi connectivity index (χ3v) is 7.71. The van der Waals surface area contributed by atoms with Crippen LogP contribution in [-0.2, 0) is 10.7 Å². The molecule has 1 atom stereocenters. The molecule has 236 valence electrons. The van der Waals surface area contributed by atoms with Crippen LogP contribution in [0.15, 0.2) is 79.0 Å². The van der Waals surface area contributed by atoms with Crippen LogP contribution in [0.2, 0.25) is 0 Å². The summed E-state index contributed by atoms with van der Waals surface area (Å²) in [5.41, 5.74) is 0.507. The number of hydrogen-bond donors (Lipinski definition) is 2. The smallest absolute Gasteiger partial charge is 0.298 e. The van der Waals surface area contributed by atoms with Crippen LogP contribution < -0.4 is 20.3 Å². The van der Waals surface area contributed by atoms with E-state index in [1.54, 1.807) is 30.1 Å². The van der Waals surface area contributed by atoms with Crippen molar-refractivity contribution in [1.29, 1.82) is 5.26 Å². The zero-order valence-electron chi connectivity index (χ0n) is 25.3. The van der Waals surface area contributed by atoms with Gasteiger partial charge in [-0.15, -0.1) is 0 Å². The molecule has 11 nitrogen and oxygen atoms in total. The molecule has 0 saturated carbocycles. The molecule has 1 aromatic heterocycles. The number of aromatic nitrogens is 2. The maximum atomic E-state index is 15.2. The van der Waals surface area contributed by atoms with Crippen molar-refractivity contribution in [2.45, 2.75) is 12.0 Å². The number of amides is 3. The monoisotopic (exact) mass is 627 g/mol. The van der Waals surface area contributed by atoms with Gasteiger partial charge in [-0.1, -0.05) is 42.5 Å². The summed E-state index contributed by atoms with van der Waals surface area (Å²) in [6.07, 6.45) is 1.36. The molecule has 0 spiro atoms. The van der Waals surface area contributed by atoms with Gasteiger partial charge in [0.25, 0.3) is 17.7 Å². The summed E-state index contributed by atoms with van der Waals surface area (Å²) < 4.78 is 37.1. The van der Waals surface area contributed by atoms with Gasteiger partial charge in [-0.2, -0.15) is 19.1 Å². The van der Waals surface area contributed by atoms with Crippen LogP contribution in [0, 0.1) is 11.3 Å². The van der Waals surface area contributed by atoms with Gasteiger partial charge in [0.15, 0.2) is 5.69 Å². The lowest BCUT2D eigenvalue weighted by molar-refractivity contribution is -0.121. The minimum Gasteiger partial charge on any atom is -0.495 e. The van der Waals surface area contributed by atoms with E-state index in [2.05, 4.69) is 15.7 Å². The molecule has 0 fully saturated rings. The van der Waals surface area contributed by atoms with Crippen molar-refractivity contribution in [1.82, 2.24) is 20.0 Å². The minimum absolute atomic E-state index is 0.0747. The van der Waals surface area contributed by atoms with E-state index >= 15 is 8.78 Å². The zero-order valence-corrected chi connectivity index (χ0v) is 25.3. The van der Waals surface area contributed by atoms with E-state index in [0.29, 0.717) is 18.0 Å². The molecule has 2 N–H and O–H groups in total. The molecule has 0 saturated heterocycles. The summed E-state index contributed by atoms with van der Waals surface area (Å²) in [5.74, 6) is -4.23. The number of likely N-dealkylation sites (N-methyl/N-ethyl adjacent to an activating group) is 2. The molecule has 13 heteroatoms. The molecule has 3 aromatic carbocycles. The molecule has 2 heterocycles. The number of carbonyl (C=O) groups excluding carboxylic acids is 3. The second-order valence-corrected chi connectivity index (χ2v) is 10.8. The summed E-state index contributed by atoms with van der Waals surface area (Å²) >= 11 is 0. The maximum Gasteiger partial charge on any atom is 0.298 e. The third kappa shape index (κ3) is 6.29. The van der Waals surface area contributed by atoms with Crippen LogP contribution >= 0.6 is 0 Å². The van der Waals surface area contributed by atoms with Crippen molar-refractivity contribution in [3.8, 4) is 11.8 Å². The molecule has 4 aromatic rings. The number of benzene rings is 3. The number of rotatable bonds is 10. The Morgan fingerprint density at radius 3 is 2.46 bits per heavy atom. The Morgan fingerprint density at radius 1 is 1.11 bits per heavy atom. The highest BCUT2D eigenvalue weighted by molar-refractivity contribution is 6.13. The molecule has 46 heavy (non-hydrogen) atoms. The number of halogens is 2.